The first-order chi connectivity index (χ1) is 18.0. The third kappa shape index (κ3) is 5.93. The van der Waals surface area contributed by atoms with Crippen molar-refractivity contribution in [2.24, 2.45) is 0 Å². The van der Waals surface area contributed by atoms with Gasteiger partial charge in [-0.2, -0.15) is 0 Å². The van der Waals surface area contributed by atoms with Gasteiger partial charge in [-0.25, -0.2) is 8.78 Å². The summed E-state index contributed by atoms with van der Waals surface area (Å²) in [5.74, 6) is -0.909. The number of amides is 2. The minimum atomic E-state index is -0.316. The zero-order valence-electron chi connectivity index (χ0n) is 20.3. The molecule has 4 nitrogen and oxygen atoms in total. The van der Waals surface area contributed by atoms with E-state index in [1.165, 1.54) is 18.2 Å². The van der Waals surface area contributed by atoms with Crippen molar-refractivity contribution in [1.82, 2.24) is 10.2 Å². The normalized spacial score (nSPS) is 20.5. The lowest BCUT2D eigenvalue weighted by Gasteiger charge is -2.44. The van der Waals surface area contributed by atoms with E-state index >= 15 is 0 Å². The molecule has 1 heterocycles. The van der Waals surface area contributed by atoms with Crippen molar-refractivity contribution >= 4 is 29.7 Å². The average Bonchev–Trinajstić information content (AvgIpc) is 2.92. The maximum atomic E-state index is 14.4. The summed E-state index contributed by atoms with van der Waals surface area (Å²) in [6.07, 6.45) is 6.04. The lowest BCUT2D eigenvalue weighted by Crippen LogP contribution is -2.50. The number of nitrogens with one attached hydrogen (secondary N) is 1. The van der Waals surface area contributed by atoms with Gasteiger partial charge in [-0.3, -0.25) is 9.59 Å². The van der Waals surface area contributed by atoms with Gasteiger partial charge in [0.2, 0.25) is 0 Å². The first kappa shape index (κ1) is 25.2. The minimum absolute atomic E-state index is 0.0717. The Labute approximate surface area is 219 Å². The van der Waals surface area contributed by atoms with E-state index in [-0.39, 0.29) is 36.0 Å². The van der Waals surface area contributed by atoms with E-state index in [1.807, 2.05) is 23.1 Å². The van der Waals surface area contributed by atoms with Gasteiger partial charge in [-0.15, -0.1) is 11.8 Å². The molecule has 2 unspecified atom stereocenters. The number of thioether (sulfide) groups is 1. The van der Waals surface area contributed by atoms with Crippen LogP contribution in [0.4, 0.5) is 8.78 Å². The number of fused-ring (bicyclic) bond motifs is 1. The lowest BCUT2D eigenvalue weighted by molar-refractivity contribution is -0.130. The predicted octanol–water partition coefficient (Wildman–Crippen LogP) is 6.32. The monoisotopic (exact) mass is 518 g/mol. The largest absolute Gasteiger partial charge is 0.348 e. The Bertz CT molecular complexity index is 1310. The number of hydrogen-bond donors (Lipinski definition) is 1. The van der Waals surface area contributed by atoms with Crippen molar-refractivity contribution in [3.63, 3.8) is 0 Å². The second-order valence-electron chi connectivity index (χ2n) is 9.47. The Morgan fingerprint density at radius 1 is 0.973 bits per heavy atom. The molecule has 1 saturated heterocycles. The van der Waals surface area contributed by atoms with Crippen LogP contribution in [0.1, 0.15) is 52.7 Å². The quantitative estimate of drug-likeness (QED) is 0.389. The van der Waals surface area contributed by atoms with Gasteiger partial charge < -0.3 is 10.2 Å². The van der Waals surface area contributed by atoms with Crippen molar-refractivity contribution < 1.29 is 18.4 Å². The van der Waals surface area contributed by atoms with Crippen LogP contribution in [0.15, 0.2) is 77.7 Å². The Balaban J connectivity index is 1.30. The summed E-state index contributed by atoms with van der Waals surface area (Å²) in [6, 6.07) is 19.8. The van der Waals surface area contributed by atoms with Crippen molar-refractivity contribution in [2.45, 2.75) is 50.1 Å². The van der Waals surface area contributed by atoms with Crippen molar-refractivity contribution in [3.8, 4) is 0 Å². The second kappa shape index (κ2) is 11.3. The van der Waals surface area contributed by atoms with Crippen LogP contribution in [0.2, 0.25) is 0 Å². The first-order valence-corrected chi connectivity index (χ1v) is 13.4. The molecule has 0 aromatic heterocycles. The van der Waals surface area contributed by atoms with E-state index in [4.69, 9.17) is 0 Å². The summed E-state index contributed by atoms with van der Waals surface area (Å²) in [5, 5.41) is 3.13. The summed E-state index contributed by atoms with van der Waals surface area (Å²) < 4.78 is 27.5. The van der Waals surface area contributed by atoms with Crippen LogP contribution in [0.3, 0.4) is 0 Å². The van der Waals surface area contributed by atoms with E-state index in [0.717, 1.165) is 36.8 Å². The van der Waals surface area contributed by atoms with E-state index in [9.17, 15) is 18.4 Å². The van der Waals surface area contributed by atoms with Gasteiger partial charge in [0, 0.05) is 35.5 Å². The molecule has 2 atom stereocenters. The Kier molecular flexibility index (Phi) is 7.70. The highest BCUT2D eigenvalue weighted by Gasteiger charge is 2.40. The summed E-state index contributed by atoms with van der Waals surface area (Å²) in [7, 11) is 0. The average molecular weight is 519 g/mol. The van der Waals surface area contributed by atoms with Crippen LogP contribution < -0.4 is 5.32 Å². The molecular formula is C30H28F2N2O2S. The molecule has 0 spiro atoms. The van der Waals surface area contributed by atoms with Gasteiger partial charge in [0.05, 0.1) is 4.91 Å². The molecule has 2 fully saturated rings. The molecular weight excluding hydrogens is 490 g/mol. The van der Waals surface area contributed by atoms with E-state index in [1.54, 1.807) is 54.2 Å². The van der Waals surface area contributed by atoms with Gasteiger partial charge in [-0.1, -0.05) is 55.3 Å². The number of benzene rings is 3. The minimum Gasteiger partial charge on any atom is -0.348 e. The zero-order valence-corrected chi connectivity index (χ0v) is 21.1. The van der Waals surface area contributed by atoms with Gasteiger partial charge in [-0.05, 0) is 60.4 Å². The molecule has 1 aliphatic heterocycles. The van der Waals surface area contributed by atoms with Crippen LogP contribution >= 0.6 is 11.8 Å². The van der Waals surface area contributed by atoms with E-state index in [0.29, 0.717) is 27.8 Å². The SMILES string of the molecule is O=C(NCc1ccc(F)cc1)c1ccc(/C=C2\SC3CCCCC3N(Cc3ccccc3F)C2=O)cc1. The van der Waals surface area contributed by atoms with Crippen molar-refractivity contribution in [3.05, 3.63) is 112 Å². The Morgan fingerprint density at radius 3 is 2.46 bits per heavy atom. The number of halogens is 2. The number of carbonyl (C=O) groups excluding carboxylic acids is 2. The van der Waals surface area contributed by atoms with Gasteiger partial charge >= 0.3 is 0 Å². The summed E-state index contributed by atoms with van der Waals surface area (Å²) >= 11 is 1.62. The summed E-state index contributed by atoms with van der Waals surface area (Å²) in [6.45, 7) is 0.564. The summed E-state index contributed by atoms with van der Waals surface area (Å²) in [5.41, 5.74) is 2.67. The summed E-state index contributed by atoms with van der Waals surface area (Å²) in [4.78, 5) is 28.6. The molecule has 3 aromatic rings. The molecule has 190 valence electrons. The number of hydrogen-bond acceptors (Lipinski definition) is 3. The maximum Gasteiger partial charge on any atom is 0.260 e. The third-order valence-electron chi connectivity index (χ3n) is 6.95. The van der Waals surface area contributed by atoms with Gasteiger partial charge in [0.15, 0.2) is 0 Å². The fourth-order valence-corrected chi connectivity index (χ4v) is 6.41. The van der Waals surface area contributed by atoms with Crippen LogP contribution in [0.5, 0.6) is 0 Å². The highest BCUT2D eigenvalue weighted by Crippen LogP contribution is 2.42. The van der Waals surface area contributed by atoms with Crippen LogP contribution in [0.25, 0.3) is 6.08 Å². The van der Waals surface area contributed by atoms with Crippen molar-refractivity contribution in [2.75, 3.05) is 0 Å². The molecule has 1 saturated carbocycles. The number of rotatable bonds is 6. The number of carbonyl (C=O) groups is 2. The topological polar surface area (TPSA) is 49.4 Å². The van der Waals surface area contributed by atoms with Gasteiger partial charge in [0.1, 0.15) is 11.6 Å². The highest BCUT2D eigenvalue weighted by atomic mass is 32.2. The molecule has 5 rings (SSSR count). The van der Waals surface area contributed by atoms with Crippen LogP contribution in [0, 0.1) is 11.6 Å². The predicted molar refractivity (Wildman–Crippen MR) is 143 cm³/mol. The second-order valence-corrected chi connectivity index (χ2v) is 10.8. The van der Waals surface area contributed by atoms with E-state index in [2.05, 4.69) is 5.32 Å². The highest BCUT2D eigenvalue weighted by molar-refractivity contribution is 8.04. The standard InChI is InChI=1S/C30H28F2N2O2S/c31-24-15-11-21(12-16-24)18-33-29(35)22-13-9-20(10-14-22)17-28-30(36)34(19-23-5-1-2-6-25(23)32)26-7-3-4-8-27(26)37-28/h1-2,5-6,9-17,26-27H,3-4,7-8,18-19H2,(H,33,35)/b28-17-. The fraction of sp³-hybridized carbons (Fsp3) is 0.267. The Hall–Kier alpha value is -3.45. The molecule has 1 aliphatic carbocycles. The zero-order chi connectivity index (χ0) is 25.8. The van der Waals surface area contributed by atoms with Crippen LogP contribution in [-0.2, 0) is 17.9 Å². The molecule has 3 aromatic carbocycles. The molecule has 37 heavy (non-hydrogen) atoms. The Morgan fingerprint density at radius 2 is 1.70 bits per heavy atom. The molecule has 0 radical (unpaired) electrons. The van der Waals surface area contributed by atoms with E-state index < -0.39 is 0 Å². The third-order valence-corrected chi connectivity index (χ3v) is 8.35. The number of nitrogens with zero attached hydrogens (tertiary/aromatic N) is 1. The molecule has 0 bridgehead atoms. The molecule has 1 N–H and O–H groups in total. The molecule has 7 heteroatoms. The lowest BCUT2D eigenvalue weighted by atomic mass is 9.92. The molecule has 2 aliphatic rings. The van der Waals surface area contributed by atoms with Crippen molar-refractivity contribution in [1.29, 1.82) is 0 Å². The maximum absolute atomic E-state index is 14.4. The smallest absolute Gasteiger partial charge is 0.260 e. The van der Waals surface area contributed by atoms with Crippen LogP contribution in [-0.4, -0.2) is 28.0 Å². The first-order valence-electron chi connectivity index (χ1n) is 12.5. The molecule has 2 amide bonds. The van der Waals surface area contributed by atoms with Gasteiger partial charge in [0.25, 0.3) is 11.8 Å². The fourth-order valence-electron chi connectivity index (χ4n) is 4.94.